The van der Waals surface area contributed by atoms with Crippen molar-refractivity contribution in [3.8, 4) is 5.75 Å². The second-order valence-corrected chi connectivity index (χ2v) is 8.96. The van der Waals surface area contributed by atoms with Crippen molar-refractivity contribution in [2.24, 2.45) is 10.1 Å². The number of aliphatic hydroxyl groups is 1. The van der Waals surface area contributed by atoms with Crippen molar-refractivity contribution in [2.75, 3.05) is 19.8 Å². The van der Waals surface area contributed by atoms with Crippen LogP contribution in [0.5, 0.6) is 5.75 Å². The van der Waals surface area contributed by atoms with E-state index in [2.05, 4.69) is 20.9 Å². The fraction of sp³-hybridized carbons (Fsp3) is 0.286. The summed E-state index contributed by atoms with van der Waals surface area (Å²) in [5, 5.41) is 12.6. The highest BCUT2D eigenvalue weighted by molar-refractivity contribution is 6.00. The fourth-order valence-corrected chi connectivity index (χ4v) is 4.13. The minimum Gasteiger partial charge on any atom is -0.494 e. The number of hydrogen-bond acceptors (Lipinski definition) is 7. The van der Waals surface area contributed by atoms with Crippen molar-refractivity contribution < 1.29 is 23.8 Å². The third-order valence-corrected chi connectivity index (χ3v) is 6.15. The van der Waals surface area contributed by atoms with Crippen LogP contribution in [-0.4, -0.2) is 42.3 Å². The van der Waals surface area contributed by atoms with Gasteiger partial charge in [-0.3, -0.25) is 10.2 Å². The molecule has 0 saturated carbocycles. The van der Waals surface area contributed by atoms with Crippen LogP contribution in [0, 0.1) is 5.82 Å². The lowest BCUT2D eigenvalue weighted by Gasteiger charge is -2.24. The van der Waals surface area contributed by atoms with Crippen LogP contribution in [0.3, 0.4) is 0 Å². The van der Waals surface area contributed by atoms with Crippen LogP contribution in [0.2, 0.25) is 0 Å². The Bertz CT molecular complexity index is 1360. The molecule has 0 unspecified atom stereocenters. The number of halogens is 1. The van der Waals surface area contributed by atoms with Crippen LogP contribution in [0.25, 0.3) is 10.4 Å². The highest BCUT2D eigenvalue weighted by Crippen LogP contribution is 2.29. The van der Waals surface area contributed by atoms with E-state index in [-0.39, 0.29) is 38.5 Å². The molecule has 1 atom stereocenters. The molecule has 3 aromatic rings. The molecule has 11 heteroatoms. The van der Waals surface area contributed by atoms with Crippen molar-refractivity contribution in [3.63, 3.8) is 0 Å². The molecule has 1 amide bonds. The molecule has 4 rings (SSSR count). The summed E-state index contributed by atoms with van der Waals surface area (Å²) in [6.07, 6.45) is 0.729. The van der Waals surface area contributed by atoms with Crippen LogP contribution < -0.4 is 15.6 Å². The number of rotatable bonds is 13. The lowest BCUT2D eigenvalue weighted by molar-refractivity contribution is -0.127. The van der Waals surface area contributed by atoms with Crippen LogP contribution in [-0.2, 0) is 29.0 Å². The standard InChI is InChI=1S/C28H29FN6O4/c29-24-8-3-5-20(15-24)17-31-34-27(37)28(16-22-6-1-2-7-23(22)18-32-35-30)19-39-26(33-28)21-9-11-25(12-10-21)38-14-4-13-36/h1-3,5-12,15,31,36H,4,13-14,16-19H2,(H,34,37)/t28-/m0/s1. The zero-order valence-electron chi connectivity index (χ0n) is 21.2. The van der Waals surface area contributed by atoms with E-state index in [1.54, 1.807) is 36.4 Å². The number of azide groups is 1. The van der Waals surface area contributed by atoms with Gasteiger partial charge < -0.3 is 14.6 Å². The maximum Gasteiger partial charge on any atom is 0.266 e. The van der Waals surface area contributed by atoms with Gasteiger partial charge >= 0.3 is 0 Å². The average molecular weight is 533 g/mol. The SMILES string of the molecule is [N-]=[N+]=NCc1ccccc1C[C@@]1(C(=O)NNCc2cccc(F)c2)COC(c2ccc(OCCCO)cc2)=N1. The van der Waals surface area contributed by atoms with Gasteiger partial charge in [-0.05, 0) is 58.6 Å². The molecule has 10 nitrogen and oxygen atoms in total. The molecular weight excluding hydrogens is 503 g/mol. The Morgan fingerprint density at radius 2 is 1.95 bits per heavy atom. The number of hydrogen-bond donors (Lipinski definition) is 3. The second kappa shape index (κ2) is 13.4. The summed E-state index contributed by atoms with van der Waals surface area (Å²) in [5.74, 6) is 0.168. The van der Waals surface area contributed by atoms with Crippen molar-refractivity contribution in [1.82, 2.24) is 10.9 Å². The topological polar surface area (TPSA) is 141 Å². The quantitative estimate of drug-likeness (QED) is 0.100. The minimum atomic E-state index is -1.31. The summed E-state index contributed by atoms with van der Waals surface area (Å²) in [6.45, 7) is 0.782. The number of nitrogens with zero attached hydrogens (tertiary/aromatic N) is 4. The Morgan fingerprint density at radius 1 is 1.15 bits per heavy atom. The average Bonchev–Trinajstić information content (AvgIpc) is 3.38. The largest absolute Gasteiger partial charge is 0.494 e. The summed E-state index contributed by atoms with van der Waals surface area (Å²) < 4.78 is 25.1. The van der Waals surface area contributed by atoms with E-state index in [0.29, 0.717) is 35.8 Å². The lowest BCUT2D eigenvalue weighted by atomic mass is 9.89. The van der Waals surface area contributed by atoms with Crippen molar-refractivity contribution in [1.29, 1.82) is 0 Å². The second-order valence-electron chi connectivity index (χ2n) is 8.96. The van der Waals surface area contributed by atoms with Gasteiger partial charge in [-0.1, -0.05) is 41.5 Å². The van der Waals surface area contributed by atoms with E-state index in [1.807, 2.05) is 24.3 Å². The van der Waals surface area contributed by atoms with Gasteiger partial charge in [0.1, 0.15) is 18.2 Å². The first-order chi connectivity index (χ1) is 19.0. The molecule has 1 aliphatic rings. The van der Waals surface area contributed by atoms with Gasteiger partial charge in [0.05, 0.1) is 13.2 Å². The molecule has 0 radical (unpaired) electrons. The lowest BCUT2D eigenvalue weighted by Crippen LogP contribution is -2.52. The summed E-state index contributed by atoms with van der Waals surface area (Å²) in [7, 11) is 0. The Kier molecular flexibility index (Phi) is 9.47. The first kappa shape index (κ1) is 27.6. The van der Waals surface area contributed by atoms with Crippen molar-refractivity contribution in [3.05, 3.63) is 111 Å². The number of benzene rings is 3. The smallest absolute Gasteiger partial charge is 0.266 e. The molecule has 0 bridgehead atoms. The molecule has 202 valence electrons. The Hall–Kier alpha value is -4.44. The molecule has 3 N–H and O–H groups in total. The Morgan fingerprint density at radius 3 is 2.69 bits per heavy atom. The highest BCUT2D eigenvalue weighted by atomic mass is 19.1. The number of aliphatic imine (C=N–C) groups is 1. The first-order valence-corrected chi connectivity index (χ1v) is 12.4. The fourth-order valence-electron chi connectivity index (χ4n) is 4.13. The predicted octanol–water partition coefficient (Wildman–Crippen LogP) is 3.98. The molecule has 39 heavy (non-hydrogen) atoms. The first-order valence-electron chi connectivity index (χ1n) is 12.4. The van der Waals surface area contributed by atoms with E-state index >= 15 is 0 Å². The van der Waals surface area contributed by atoms with Gasteiger partial charge in [-0.15, -0.1) is 0 Å². The molecule has 0 spiro atoms. The van der Waals surface area contributed by atoms with Gasteiger partial charge in [0.25, 0.3) is 5.91 Å². The number of hydrazine groups is 1. The third-order valence-electron chi connectivity index (χ3n) is 6.15. The number of carbonyl (C=O) groups excluding carboxylic acids is 1. The molecule has 3 aromatic carbocycles. The highest BCUT2D eigenvalue weighted by Gasteiger charge is 2.45. The number of amides is 1. The monoisotopic (exact) mass is 532 g/mol. The summed E-state index contributed by atoms with van der Waals surface area (Å²) in [6, 6.07) is 20.6. The van der Waals surface area contributed by atoms with E-state index in [1.165, 1.54) is 12.1 Å². The number of ether oxygens (including phenoxy) is 2. The summed E-state index contributed by atoms with van der Waals surface area (Å²) in [4.78, 5) is 21.2. The molecule has 1 heterocycles. The van der Waals surface area contributed by atoms with E-state index in [0.717, 1.165) is 11.1 Å². The van der Waals surface area contributed by atoms with Crippen LogP contribution in [0.1, 0.15) is 28.7 Å². The predicted molar refractivity (Wildman–Crippen MR) is 143 cm³/mol. The molecule has 0 saturated heterocycles. The van der Waals surface area contributed by atoms with Gasteiger partial charge in [0.2, 0.25) is 5.90 Å². The van der Waals surface area contributed by atoms with E-state index in [4.69, 9.17) is 25.1 Å². The molecular formula is C28H29FN6O4. The van der Waals surface area contributed by atoms with Crippen LogP contribution in [0.15, 0.2) is 82.9 Å². The maximum absolute atomic E-state index is 13.6. The Balaban J connectivity index is 1.57. The maximum atomic E-state index is 13.6. The molecule has 1 aliphatic heterocycles. The normalized spacial score (nSPS) is 16.1. The van der Waals surface area contributed by atoms with Crippen molar-refractivity contribution >= 4 is 11.8 Å². The van der Waals surface area contributed by atoms with Gasteiger partial charge in [-0.2, -0.15) is 0 Å². The Labute approximate surface area is 225 Å². The molecule has 0 aromatic heterocycles. The van der Waals surface area contributed by atoms with Gasteiger partial charge in [0, 0.05) is 36.5 Å². The van der Waals surface area contributed by atoms with Crippen LogP contribution >= 0.6 is 0 Å². The summed E-state index contributed by atoms with van der Waals surface area (Å²) in [5.41, 5.74) is 16.0. The number of nitrogens with one attached hydrogen (secondary N) is 2. The molecule has 0 fully saturated rings. The van der Waals surface area contributed by atoms with Gasteiger partial charge in [0.15, 0.2) is 5.54 Å². The van der Waals surface area contributed by atoms with E-state index in [9.17, 15) is 9.18 Å². The minimum absolute atomic E-state index is 0.0135. The number of carbonyl (C=O) groups is 1. The molecule has 0 aliphatic carbocycles. The summed E-state index contributed by atoms with van der Waals surface area (Å²) >= 11 is 0. The van der Waals surface area contributed by atoms with Crippen molar-refractivity contribution in [2.45, 2.75) is 31.5 Å². The zero-order valence-corrected chi connectivity index (χ0v) is 21.2. The number of aliphatic hydroxyl groups excluding tert-OH is 1. The third kappa shape index (κ3) is 7.32. The zero-order chi connectivity index (χ0) is 27.5. The van der Waals surface area contributed by atoms with Gasteiger partial charge in [-0.25, -0.2) is 14.8 Å². The van der Waals surface area contributed by atoms with Crippen LogP contribution in [0.4, 0.5) is 4.39 Å². The van der Waals surface area contributed by atoms with E-state index < -0.39 is 11.4 Å².